The molecule has 0 spiro atoms. The lowest BCUT2D eigenvalue weighted by Gasteiger charge is -2.44. The number of alkyl halides is 6. The summed E-state index contributed by atoms with van der Waals surface area (Å²) in [6.45, 7) is 0.657. The molecule has 2 aromatic carbocycles. The SMILES string of the molecule is CO[C@]1(c2ccccc2)NCCC[C@@H]1NCc1cccc(C(O)(C(F)(F)F)C(F)(F)F)c1. The average molecular weight is 462 g/mol. The van der Waals surface area contributed by atoms with E-state index in [2.05, 4.69) is 10.6 Å². The Hall–Kier alpha value is -2.14. The van der Waals surface area contributed by atoms with Crippen molar-refractivity contribution in [2.24, 2.45) is 0 Å². The molecule has 0 bridgehead atoms. The molecule has 0 aliphatic carbocycles. The van der Waals surface area contributed by atoms with Crippen LogP contribution in [0.4, 0.5) is 26.3 Å². The number of hydrogen-bond donors (Lipinski definition) is 3. The van der Waals surface area contributed by atoms with E-state index in [4.69, 9.17) is 4.74 Å². The molecule has 176 valence electrons. The van der Waals surface area contributed by atoms with Crippen molar-refractivity contribution in [3.8, 4) is 0 Å². The highest BCUT2D eigenvalue weighted by Crippen LogP contribution is 2.50. The lowest BCUT2D eigenvalue weighted by Crippen LogP contribution is -2.61. The van der Waals surface area contributed by atoms with Crippen LogP contribution >= 0.6 is 0 Å². The Kier molecular flexibility index (Phi) is 6.90. The van der Waals surface area contributed by atoms with Gasteiger partial charge in [-0.25, -0.2) is 0 Å². The van der Waals surface area contributed by atoms with Gasteiger partial charge in [-0.3, -0.25) is 5.32 Å². The molecule has 0 amide bonds. The highest BCUT2D eigenvalue weighted by Gasteiger charge is 2.71. The average Bonchev–Trinajstić information content (AvgIpc) is 2.76. The summed E-state index contributed by atoms with van der Waals surface area (Å²) in [5, 5.41) is 16.2. The summed E-state index contributed by atoms with van der Waals surface area (Å²) in [6.07, 6.45) is -10.4. The highest BCUT2D eigenvalue weighted by atomic mass is 19.4. The molecule has 3 rings (SSSR count). The molecule has 0 radical (unpaired) electrons. The van der Waals surface area contributed by atoms with Gasteiger partial charge in [0.05, 0.1) is 6.04 Å². The van der Waals surface area contributed by atoms with Gasteiger partial charge in [0.25, 0.3) is 5.60 Å². The van der Waals surface area contributed by atoms with Crippen molar-refractivity contribution in [2.75, 3.05) is 13.7 Å². The van der Waals surface area contributed by atoms with Gasteiger partial charge in [0, 0.05) is 24.8 Å². The van der Waals surface area contributed by atoms with Gasteiger partial charge in [0.15, 0.2) is 5.72 Å². The van der Waals surface area contributed by atoms with E-state index in [1.54, 1.807) is 0 Å². The minimum absolute atomic E-state index is 0.0239. The first-order chi connectivity index (χ1) is 15.0. The first-order valence-electron chi connectivity index (χ1n) is 10.00. The smallest absolute Gasteiger partial charge is 0.369 e. The Balaban J connectivity index is 1.87. The van der Waals surface area contributed by atoms with Gasteiger partial charge in [-0.1, -0.05) is 54.6 Å². The molecule has 1 saturated heterocycles. The van der Waals surface area contributed by atoms with Crippen molar-refractivity contribution in [3.05, 3.63) is 71.3 Å². The topological polar surface area (TPSA) is 53.5 Å². The standard InChI is InChI=1S/C22H24F6N2O2/c1-32-19(16-8-3-2-4-9-16)18(11-6-12-30-19)29-14-15-7-5-10-17(13-15)20(31,21(23,24)25)22(26,27)28/h2-5,7-10,13,18,29-31H,6,11-12,14H2,1H3/t18-,19-/m0/s1. The minimum atomic E-state index is -5.93. The Morgan fingerprint density at radius 1 is 1.03 bits per heavy atom. The van der Waals surface area contributed by atoms with Crippen LogP contribution in [0, 0.1) is 0 Å². The zero-order valence-corrected chi connectivity index (χ0v) is 17.2. The van der Waals surface area contributed by atoms with Crippen molar-refractivity contribution >= 4 is 0 Å². The fourth-order valence-electron chi connectivity index (χ4n) is 4.11. The quantitative estimate of drug-likeness (QED) is 0.560. The molecular formula is C22H24F6N2O2. The number of rotatable bonds is 6. The largest absolute Gasteiger partial charge is 0.430 e. The van der Waals surface area contributed by atoms with E-state index in [1.807, 2.05) is 30.3 Å². The van der Waals surface area contributed by atoms with Crippen LogP contribution < -0.4 is 10.6 Å². The summed E-state index contributed by atoms with van der Waals surface area (Å²) in [4.78, 5) is 0. The monoisotopic (exact) mass is 462 g/mol. The third-order valence-electron chi connectivity index (χ3n) is 5.79. The van der Waals surface area contributed by atoms with E-state index < -0.39 is 29.2 Å². The van der Waals surface area contributed by atoms with Crippen LogP contribution in [0.2, 0.25) is 0 Å². The Morgan fingerprint density at radius 2 is 1.69 bits per heavy atom. The Bertz CT molecular complexity index is 889. The van der Waals surface area contributed by atoms with E-state index in [9.17, 15) is 31.4 Å². The van der Waals surface area contributed by atoms with Crippen molar-refractivity contribution in [2.45, 2.75) is 49.1 Å². The van der Waals surface area contributed by atoms with Crippen LogP contribution in [0.25, 0.3) is 0 Å². The Morgan fingerprint density at radius 3 is 2.28 bits per heavy atom. The predicted octanol–water partition coefficient (Wildman–Crippen LogP) is 4.34. The van der Waals surface area contributed by atoms with Crippen LogP contribution in [0.5, 0.6) is 0 Å². The molecule has 3 N–H and O–H groups in total. The van der Waals surface area contributed by atoms with Crippen LogP contribution in [0.15, 0.2) is 54.6 Å². The molecule has 0 saturated carbocycles. The Labute approximate surface area is 181 Å². The third-order valence-corrected chi connectivity index (χ3v) is 5.79. The number of nitrogens with one attached hydrogen (secondary N) is 2. The van der Waals surface area contributed by atoms with Crippen LogP contribution in [0.1, 0.15) is 29.5 Å². The second kappa shape index (κ2) is 9.01. The van der Waals surface area contributed by atoms with Gasteiger partial charge < -0.3 is 15.2 Å². The minimum Gasteiger partial charge on any atom is -0.369 e. The maximum Gasteiger partial charge on any atom is 0.430 e. The van der Waals surface area contributed by atoms with Crippen molar-refractivity contribution < 1.29 is 36.2 Å². The van der Waals surface area contributed by atoms with Crippen LogP contribution in [0.3, 0.4) is 0 Å². The van der Waals surface area contributed by atoms with E-state index in [-0.39, 0.29) is 18.2 Å². The maximum absolute atomic E-state index is 13.2. The summed E-state index contributed by atoms with van der Waals surface area (Å²) >= 11 is 0. The zero-order chi connectivity index (χ0) is 23.6. The molecular weight excluding hydrogens is 438 g/mol. The molecule has 32 heavy (non-hydrogen) atoms. The van der Waals surface area contributed by atoms with Gasteiger partial charge in [0.2, 0.25) is 0 Å². The maximum atomic E-state index is 13.2. The lowest BCUT2D eigenvalue weighted by molar-refractivity contribution is -0.376. The summed E-state index contributed by atoms with van der Waals surface area (Å²) in [5.74, 6) is 0. The summed E-state index contributed by atoms with van der Waals surface area (Å²) < 4.78 is 85.1. The highest BCUT2D eigenvalue weighted by molar-refractivity contribution is 5.32. The summed E-state index contributed by atoms with van der Waals surface area (Å²) in [5.41, 5.74) is -6.13. The number of hydrogen-bond acceptors (Lipinski definition) is 4. The molecule has 2 atom stereocenters. The first kappa shape index (κ1) is 24.5. The predicted molar refractivity (Wildman–Crippen MR) is 105 cm³/mol. The molecule has 2 aromatic rings. The van der Waals surface area contributed by atoms with Gasteiger partial charge in [-0.05, 0) is 24.9 Å². The lowest BCUT2D eigenvalue weighted by atomic mass is 9.87. The van der Waals surface area contributed by atoms with E-state index in [1.165, 1.54) is 13.2 Å². The van der Waals surface area contributed by atoms with Gasteiger partial charge in [-0.15, -0.1) is 0 Å². The fraction of sp³-hybridized carbons (Fsp3) is 0.455. The number of benzene rings is 2. The molecule has 0 aromatic heterocycles. The van der Waals surface area contributed by atoms with Crippen molar-refractivity contribution in [1.29, 1.82) is 0 Å². The third kappa shape index (κ3) is 4.36. The van der Waals surface area contributed by atoms with E-state index in [0.29, 0.717) is 19.0 Å². The van der Waals surface area contributed by atoms with Gasteiger partial charge in [-0.2, -0.15) is 26.3 Å². The molecule has 0 unspecified atom stereocenters. The van der Waals surface area contributed by atoms with Crippen molar-refractivity contribution in [1.82, 2.24) is 10.6 Å². The normalized spacial score (nSPS) is 22.7. The summed E-state index contributed by atoms with van der Waals surface area (Å²) in [7, 11) is 1.54. The van der Waals surface area contributed by atoms with E-state index in [0.717, 1.165) is 24.1 Å². The van der Waals surface area contributed by atoms with Crippen LogP contribution in [-0.2, 0) is 22.6 Å². The number of ether oxygens (including phenoxy) is 1. The van der Waals surface area contributed by atoms with Gasteiger partial charge in [0.1, 0.15) is 0 Å². The number of halogens is 6. The molecule has 1 fully saturated rings. The molecule has 4 nitrogen and oxygen atoms in total. The summed E-state index contributed by atoms with van der Waals surface area (Å²) in [6, 6.07) is 12.8. The number of piperidine rings is 1. The fourth-order valence-corrected chi connectivity index (χ4v) is 4.11. The molecule has 1 aliphatic rings. The van der Waals surface area contributed by atoms with Crippen LogP contribution in [-0.4, -0.2) is 37.2 Å². The van der Waals surface area contributed by atoms with E-state index >= 15 is 0 Å². The zero-order valence-electron chi connectivity index (χ0n) is 17.2. The second-order valence-electron chi connectivity index (χ2n) is 7.71. The molecule has 10 heteroatoms. The molecule has 1 heterocycles. The van der Waals surface area contributed by atoms with Gasteiger partial charge >= 0.3 is 12.4 Å². The van der Waals surface area contributed by atoms with Crippen molar-refractivity contribution in [3.63, 3.8) is 0 Å². The second-order valence-corrected chi connectivity index (χ2v) is 7.71. The first-order valence-corrected chi connectivity index (χ1v) is 10.00. The number of methoxy groups -OCH3 is 1. The molecule has 1 aliphatic heterocycles. The number of aliphatic hydroxyl groups is 1.